The molecule has 0 spiro atoms. The van der Waals surface area contributed by atoms with Crippen LogP contribution in [0.1, 0.15) is 24.9 Å². The van der Waals surface area contributed by atoms with Crippen molar-refractivity contribution < 1.29 is 19.1 Å². The number of nitrogen functional groups attached to an aromatic ring is 1. The van der Waals surface area contributed by atoms with Crippen LogP contribution in [-0.2, 0) is 14.3 Å². The number of nitrogens with zero attached hydrogens (tertiary/aromatic N) is 5. The van der Waals surface area contributed by atoms with Crippen LogP contribution >= 0.6 is 23.1 Å². The summed E-state index contributed by atoms with van der Waals surface area (Å²) in [6.07, 6.45) is 1.41. The fourth-order valence-electron chi connectivity index (χ4n) is 3.37. The number of amides is 3. The normalized spacial score (nSPS) is 20.6. The Morgan fingerprint density at radius 2 is 2.28 bits per heavy atom. The summed E-state index contributed by atoms with van der Waals surface area (Å²) in [5, 5.41) is 18.3. The van der Waals surface area contributed by atoms with Crippen molar-refractivity contribution in [1.82, 2.24) is 35.8 Å². The lowest BCUT2D eigenvalue weighted by Crippen LogP contribution is -2.69. The van der Waals surface area contributed by atoms with E-state index in [4.69, 9.17) is 16.2 Å². The van der Waals surface area contributed by atoms with E-state index in [9.17, 15) is 14.4 Å². The number of allylic oxidation sites excluding steroid dienone is 1. The van der Waals surface area contributed by atoms with Crippen molar-refractivity contribution in [2.24, 2.45) is 5.73 Å². The number of thioether (sulfide) groups is 1. The predicted octanol–water partition coefficient (Wildman–Crippen LogP) is -0.0617. The lowest BCUT2D eigenvalue weighted by Gasteiger charge is -2.49. The molecule has 1 fully saturated rings. The molecule has 0 aromatic carbocycles. The Kier molecular flexibility index (Phi) is 6.09. The van der Waals surface area contributed by atoms with Crippen molar-refractivity contribution >= 4 is 57.4 Å². The molecule has 168 valence electrons. The average Bonchev–Trinajstić information content (AvgIpc) is 3.45. The number of tetrazole rings is 1. The molecule has 3 amide bonds. The Bertz CT molecular complexity index is 1110. The highest BCUT2D eigenvalue weighted by Gasteiger charge is 2.53. The lowest BCUT2D eigenvalue weighted by molar-refractivity contribution is -0.143. The van der Waals surface area contributed by atoms with Crippen LogP contribution in [0.5, 0.6) is 0 Å². The van der Waals surface area contributed by atoms with Gasteiger partial charge in [0.2, 0.25) is 5.82 Å². The Labute approximate surface area is 189 Å². The van der Waals surface area contributed by atoms with Gasteiger partial charge in [-0.05, 0) is 11.6 Å². The van der Waals surface area contributed by atoms with Gasteiger partial charge in [-0.15, -0.1) is 33.3 Å². The number of aromatic amines is 1. The number of carbonyl (C=O) groups excluding carboxylic acids is 3. The van der Waals surface area contributed by atoms with Crippen molar-refractivity contribution in [3.8, 4) is 0 Å². The van der Waals surface area contributed by atoms with Crippen molar-refractivity contribution in [3.05, 3.63) is 28.5 Å². The molecule has 2 aliphatic rings. The first-order valence-electron chi connectivity index (χ1n) is 9.45. The van der Waals surface area contributed by atoms with Gasteiger partial charge in [-0.3, -0.25) is 14.5 Å². The number of thiazole rings is 1. The second-order valence-corrected chi connectivity index (χ2v) is 8.75. The number of nitrogens with one attached hydrogen (secondary N) is 2. The monoisotopic (exact) mass is 477 g/mol. The van der Waals surface area contributed by atoms with Crippen molar-refractivity contribution in [2.75, 3.05) is 18.1 Å². The molecule has 6 N–H and O–H groups in total. The first-order chi connectivity index (χ1) is 15.4. The number of β-lactam (4-membered cyclic amide) rings is 1. The predicted molar refractivity (Wildman–Crippen MR) is 116 cm³/mol. The molecule has 32 heavy (non-hydrogen) atoms. The van der Waals surface area contributed by atoms with Gasteiger partial charge in [-0.2, -0.15) is 5.21 Å². The van der Waals surface area contributed by atoms with Crippen LogP contribution in [0.2, 0.25) is 0 Å². The molecule has 4 rings (SSSR count). The maximum atomic E-state index is 13.0. The number of aromatic nitrogens is 5. The highest BCUT2D eigenvalue weighted by molar-refractivity contribution is 8.00. The highest BCUT2D eigenvalue weighted by Crippen LogP contribution is 2.43. The summed E-state index contributed by atoms with van der Waals surface area (Å²) < 4.78 is 4.90. The Morgan fingerprint density at radius 1 is 1.47 bits per heavy atom. The third-order valence-corrected chi connectivity index (χ3v) is 6.74. The number of carbonyl (C=O) groups is 3. The van der Waals surface area contributed by atoms with Gasteiger partial charge in [0.25, 0.3) is 11.8 Å². The van der Waals surface area contributed by atoms with Crippen molar-refractivity contribution in [1.29, 1.82) is 0 Å². The minimum Gasteiger partial charge on any atom is -0.445 e. The second-order valence-electron chi connectivity index (χ2n) is 6.75. The summed E-state index contributed by atoms with van der Waals surface area (Å²) >= 11 is 2.65. The third kappa shape index (κ3) is 4.03. The molecule has 0 saturated carbocycles. The number of anilines is 1. The zero-order valence-electron chi connectivity index (χ0n) is 16.8. The fourth-order valence-corrected chi connectivity index (χ4v) is 5.26. The largest absolute Gasteiger partial charge is 0.445 e. The molecule has 2 aromatic rings. The van der Waals surface area contributed by atoms with E-state index in [0.717, 1.165) is 0 Å². The van der Waals surface area contributed by atoms with Crippen LogP contribution in [0.25, 0.3) is 11.3 Å². The molecule has 0 radical (unpaired) electrons. The quantitative estimate of drug-likeness (QED) is 0.310. The Hall–Kier alpha value is -3.46. The van der Waals surface area contributed by atoms with E-state index in [-0.39, 0.29) is 23.7 Å². The van der Waals surface area contributed by atoms with E-state index in [1.807, 2.05) is 6.92 Å². The SMILES string of the molecule is CC/C=C(\C(=O)N[C@@H]1C(=O)N2C(c3nn[nH]n3)=C(COC(N)=O)CS[C@H]12)c1csc(N)n1. The van der Waals surface area contributed by atoms with Crippen LogP contribution < -0.4 is 16.8 Å². The fraction of sp³-hybridized carbons (Fsp3) is 0.353. The summed E-state index contributed by atoms with van der Waals surface area (Å²) in [4.78, 5) is 42.7. The minimum absolute atomic E-state index is 0.117. The summed E-state index contributed by atoms with van der Waals surface area (Å²) in [5.74, 6) is -0.164. The maximum absolute atomic E-state index is 13.0. The zero-order chi connectivity index (χ0) is 22.8. The molecule has 2 aromatic heterocycles. The molecule has 2 atom stereocenters. The first-order valence-corrected chi connectivity index (χ1v) is 11.4. The number of rotatable bonds is 7. The first kappa shape index (κ1) is 21.8. The van der Waals surface area contributed by atoms with Crippen LogP contribution in [0, 0.1) is 0 Å². The topological polar surface area (TPSA) is 195 Å². The summed E-state index contributed by atoms with van der Waals surface area (Å²) in [5.41, 5.74) is 12.6. The molecular formula is C17H19N9O4S2. The van der Waals surface area contributed by atoms with Gasteiger partial charge in [-0.1, -0.05) is 13.0 Å². The Morgan fingerprint density at radius 3 is 2.91 bits per heavy atom. The number of H-pyrrole nitrogens is 1. The summed E-state index contributed by atoms with van der Waals surface area (Å²) in [6.45, 7) is 1.78. The molecule has 13 nitrogen and oxygen atoms in total. The summed E-state index contributed by atoms with van der Waals surface area (Å²) in [7, 11) is 0. The van der Waals surface area contributed by atoms with E-state index < -0.39 is 18.0 Å². The molecule has 1 saturated heterocycles. The number of nitrogens with two attached hydrogens (primary N) is 2. The van der Waals surface area contributed by atoms with Gasteiger partial charge < -0.3 is 21.5 Å². The second kappa shape index (κ2) is 8.96. The minimum atomic E-state index is -0.935. The van der Waals surface area contributed by atoms with Crippen LogP contribution in [0.3, 0.4) is 0 Å². The highest BCUT2D eigenvalue weighted by atomic mass is 32.2. The van der Waals surface area contributed by atoms with Crippen molar-refractivity contribution in [2.45, 2.75) is 24.8 Å². The molecule has 2 aliphatic heterocycles. The van der Waals surface area contributed by atoms with Gasteiger partial charge in [0.05, 0.1) is 17.0 Å². The molecule has 15 heteroatoms. The van der Waals surface area contributed by atoms with Crippen LogP contribution in [0.15, 0.2) is 17.0 Å². The van der Waals surface area contributed by atoms with E-state index in [1.54, 1.807) is 11.5 Å². The van der Waals surface area contributed by atoms with Gasteiger partial charge in [0.15, 0.2) is 5.13 Å². The van der Waals surface area contributed by atoms with E-state index in [1.165, 1.54) is 28.0 Å². The zero-order valence-corrected chi connectivity index (χ0v) is 18.4. The molecule has 4 heterocycles. The molecule has 0 aliphatic carbocycles. The number of hydrogen-bond donors (Lipinski definition) is 4. The standard InChI is InChI=1S/C17H19N9O4S2/c1-2-3-8(9-6-32-16(18)20-9)13(27)21-10-14(28)26-11(12-22-24-25-23-12)7(4-30-17(19)29)5-31-15(10)26/h3,6,10,15H,2,4-5H2,1H3,(H2,18,20)(H2,19,29)(H,21,27)(H,22,23,24,25)/b8-3-/t10-,15-/m1/s1. The van der Waals surface area contributed by atoms with E-state index >= 15 is 0 Å². The van der Waals surface area contributed by atoms with Crippen LogP contribution in [-0.4, -0.2) is 72.2 Å². The molecule has 0 unspecified atom stereocenters. The maximum Gasteiger partial charge on any atom is 0.404 e. The average molecular weight is 478 g/mol. The van der Waals surface area contributed by atoms with E-state index in [2.05, 4.69) is 30.9 Å². The lowest BCUT2D eigenvalue weighted by atomic mass is 10.0. The third-order valence-electron chi connectivity index (χ3n) is 4.73. The number of primary amides is 1. The van der Waals surface area contributed by atoms with E-state index in [0.29, 0.717) is 39.8 Å². The Balaban J connectivity index is 1.55. The van der Waals surface area contributed by atoms with Gasteiger partial charge >= 0.3 is 6.09 Å². The van der Waals surface area contributed by atoms with Gasteiger partial charge in [0, 0.05) is 16.7 Å². The smallest absolute Gasteiger partial charge is 0.404 e. The number of hydrogen-bond acceptors (Lipinski definition) is 11. The number of ether oxygens (including phenoxy) is 1. The van der Waals surface area contributed by atoms with Crippen LogP contribution in [0.4, 0.5) is 9.93 Å². The van der Waals surface area contributed by atoms with Crippen molar-refractivity contribution in [3.63, 3.8) is 0 Å². The van der Waals surface area contributed by atoms with Gasteiger partial charge in [-0.25, -0.2) is 9.78 Å². The summed E-state index contributed by atoms with van der Waals surface area (Å²) in [6, 6.07) is -0.760. The molecular weight excluding hydrogens is 458 g/mol. The molecule has 0 bridgehead atoms. The number of fused-ring (bicyclic) bond motifs is 1. The van der Waals surface area contributed by atoms with Gasteiger partial charge in [0.1, 0.15) is 18.0 Å².